The van der Waals surface area contributed by atoms with Crippen LogP contribution in [0.15, 0.2) is 78.4 Å². The molecule has 114 valence electrons. The summed E-state index contributed by atoms with van der Waals surface area (Å²) in [7, 11) is 1.61. The van der Waals surface area contributed by atoms with Crippen LogP contribution < -0.4 is 4.74 Å². The van der Waals surface area contributed by atoms with Crippen molar-refractivity contribution in [1.29, 1.82) is 0 Å². The summed E-state index contributed by atoms with van der Waals surface area (Å²) >= 11 is 0. The van der Waals surface area contributed by atoms with Crippen LogP contribution in [0.3, 0.4) is 0 Å². The predicted octanol–water partition coefficient (Wildman–Crippen LogP) is 4.23. The highest BCUT2D eigenvalue weighted by Crippen LogP contribution is 2.27. The van der Waals surface area contributed by atoms with Crippen LogP contribution in [0.25, 0.3) is 11.8 Å². The molecule has 1 aliphatic rings. The molecular weight excluding hydrogens is 288 g/mol. The molecule has 0 spiro atoms. The fraction of sp³-hybridized carbons (Fsp3) is 0.0500. The van der Waals surface area contributed by atoms with Gasteiger partial charge in [-0.25, -0.2) is 4.79 Å². The van der Waals surface area contributed by atoms with Crippen molar-refractivity contribution in [2.24, 2.45) is 0 Å². The Hall–Kier alpha value is -3.07. The number of carbonyl (C=O) groups is 1. The van der Waals surface area contributed by atoms with Crippen molar-refractivity contribution in [2.75, 3.05) is 7.11 Å². The quantitative estimate of drug-likeness (QED) is 0.626. The summed E-state index contributed by atoms with van der Waals surface area (Å²) < 4.78 is 10.4. The highest BCUT2D eigenvalue weighted by atomic mass is 16.5. The van der Waals surface area contributed by atoms with Gasteiger partial charge in [0.15, 0.2) is 0 Å². The van der Waals surface area contributed by atoms with Gasteiger partial charge in [-0.15, -0.1) is 0 Å². The molecule has 23 heavy (non-hydrogen) atoms. The second-order valence-corrected chi connectivity index (χ2v) is 5.02. The lowest BCUT2D eigenvalue weighted by molar-refractivity contribution is -0.130. The molecule has 0 atom stereocenters. The summed E-state index contributed by atoms with van der Waals surface area (Å²) in [4.78, 5) is 11.9. The molecule has 0 saturated heterocycles. The van der Waals surface area contributed by atoms with Crippen molar-refractivity contribution in [3.63, 3.8) is 0 Å². The lowest BCUT2D eigenvalue weighted by atomic mass is 10.1. The highest BCUT2D eigenvalue weighted by molar-refractivity contribution is 6.01. The Morgan fingerprint density at radius 3 is 2.43 bits per heavy atom. The predicted molar refractivity (Wildman–Crippen MR) is 90.6 cm³/mol. The number of hydrogen-bond acceptors (Lipinski definition) is 3. The third-order valence-electron chi connectivity index (χ3n) is 3.46. The zero-order chi connectivity index (χ0) is 16.1. The van der Waals surface area contributed by atoms with E-state index in [9.17, 15) is 4.79 Å². The molecule has 1 heterocycles. The van der Waals surface area contributed by atoms with Crippen molar-refractivity contribution >= 4 is 17.8 Å². The van der Waals surface area contributed by atoms with Gasteiger partial charge in [-0.1, -0.05) is 42.5 Å². The van der Waals surface area contributed by atoms with Crippen molar-refractivity contribution < 1.29 is 14.3 Å². The van der Waals surface area contributed by atoms with E-state index in [2.05, 4.69) is 0 Å². The summed E-state index contributed by atoms with van der Waals surface area (Å²) in [6.45, 7) is 0. The Morgan fingerprint density at radius 2 is 1.74 bits per heavy atom. The molecular formula is C20H16O3. The third-order valence-corrected chi connectivity index (χ3v) is 3.46. The van der Waals surface area contributed by atoms with Crippen LogP contribution in [0.2, 0.25) is 0 Å². The first kappa shape index (κ1) is 14.9. The van der Waals surface area contributed by atoms with Gasteiger partial charge in [-0.3, -0.25) is 0 Å². The van der Waals surface area contributed by atoms with E-state index in [1.165, 1.54) is 0 Å². The van der Waals surface area contributed by atoms with Crippen LogP contribution in [-0.2, 0) is 9.53 Å². The van der Waals surface area contributed by atoms with E-state index in [1.807, 2.05) is 66.7 Å². The Balaban J connectivity index is 1.77. The average molecular weight is 304 g/mol. The standard InChI is InChI=1S/C20H16O3/c1-22-18-12-10-16(11-13-18)19-14-17(20(21)23-19)9-5-8-15-6-3-2-4-7-15/h2-14H,1H3/b8-5+,17-9+. The van der Waals surface area contributed by atoms with Gasteiger partial charge in [0.05, 0.1) is 12.7 Å². The number of ether oxygens (including phenoxy) is 2. The van der Waals surface area contributed by atoms with Gasteiger partial charge in [0.25, 0.3) is 0 Å². The number of hydrogen-bond donors (Lipinski definition) is 0. The van der Waals surface area contributed by atoms with Gasteiger partial charge in [-0.2, -0.15) is 0 Å². The molecule has 3 heteroatoms. The molecule has 3 nitrogen and oxygen atoms in total. The zero-order valence-electron chi connectivity index (χ0n) is 12.7. The van der Waals surface area contributed by atoms with E-state index in [4.69, 9.17) is 9.47 Å². The number of allylic oxidation sites excluding steroid dienone is 2. The molecule has 0 saturated carbocycles. The molecule has 0 N–H and O–H groups in total. The first-order chi connectivity index (χ1) is 11.3. The molecule has 2 aromatic rings. The summed E-state index contributed by atoms with van der Waals surface area (Å²) in [6, 6.07) is 17.3. The van der Waals surface area contributed by atoms with E-state index < -0.39 is 0 Å². The largest absolute Gasteiger partial charge is 0.497 e. The van der Waals surface area contributed by atoms with Crippen molar-refractivity contribution in [2.45, 2.75) is 0 Å². The minimum absolute atomic E-state index is 0.339. The summed E-state index contributed by atoms with van der Waals surface area (Å²) in [5.74, 6) is 0.978. The molecule has 0 amide bonds. The van der Waals surface area contributed by atoms with E-state index in [1.54, 1.807) is 19.3 Å². The average Bonchev–Trinajstić information content (AvgIpc) is 2.97. The van der Waals surface area contributed by atoms with Crippen LogP contribution in [0.1, 0.15) is 11.1 Å². The van der Waals surface area contributed by atoms with Crippen molar-refractivity contribution in [3.05, 3.63) is 89.5 Å². The summed E-state index contributed by atoms with van der Waals surface area (Å²) in [5, 5.41) is 0. The molecule has 0 fully saturated rings. The molecule has 3 rings (SSSR count). The van der Waals surface area contributed by atoms with Crippen LogP contribution in [-0.4, -0.2) is 13.1 Å². The monoisotopic (exact) mass is 304 g/mol. The minimum Gasteiger partial charge on any atom is -0.497 e. The topological polar surface area (TPSA) is 35.5 Å². The molecule has 0 aliphatic carbocycles. The molecule has 0 bridgehead atoms. The summed E-state index contributed by atoms with van der Waals surface area (Å²) in [6.07, 6.45) is 7.30. The van der Waals surface area contributed by atoms with E-state index in [0.29, 0.717) is 11.3 Å². The normalized spacial score (nSPS) is 15.8. The van der Waals surface area contributed by atoms with Crippen LogP contribution in [0.4, 0.5) is 0 Å². The smallest absolute Gasteiger partial charge is 0.343 e. The number of rotatable bonds is 4. The highest BCUT2D eigenvalue weighted by Gasteiger charge is 2.21. The lowest BCUT2D eigenvalue weighted by Crippen LogP contribution is -1.96. The minimum atomic E-state index is -0.339. The first-order valence-corrected chi connectivity index (χ1v) is 7.28. The van der Waals surface area contributed by atoms with Gasteiger partial charge in [0.1, 0.15) is 11.5 Å². The summed E-state index contributed by atoms with van der Waals surface area (Å²) in [5.41, 5.74) is 2.45. The van der Waals surface area contributed by atoms with Gasteiger partial charge >= 0.3 is 5.97 Å². The number of benzene rings is 2. The van der Waals surface area contributed by atoms with Crippen LogP contribution >= 0.6 is 0 Å². The maximum atomic E-state index is 11.9. The Morgan fingerprint density at radius 1 is 1.00 bits per heavy atom. The number of cyclic esters (lactones) is 1. The molecule has 0 radical (unpaired) electrons. The molecule has 1 aliphatic heterocycles. The Kier molecular flexibility index (Phi) is 4.39. The van der Waals surface area contributed by atoms with Crippen molar-refractivity contribution in [1.82, 2.24) is 0 Å². The molecule has 2 aromatic carbocycles. The van der Waals surface area contributed by atoms with Gasteiger partial charge in [0.2, 0.25) is 0 Å². The van der Waals surface area contributed by atoms with Crippen LogP contribution in [0, 0.1) is 0 Å². The van der Waals surface area contributed by atoms with Crippen molar-refractivity contribution in [3.8, 4) is 5.75 Å². The van der Waals surface area contributed by atoms with Crippen LogP contribution in [0.5, 0.6) is 5.75 Å². The fourth-order valence-corrected chi connectivity index (χ4v) is 2.23. The van der Waals surface area contributed by atoms with E-state index in [-0.39, 0.29) is 5.97 Å². The number of carbonyl (C=O) groups excluding carboxylic acids is 1. The second kappa shape index (κ2) is 6.79. The van der Waals surface area contributed by atoms with Gasteiger partial charge in [-0.05, 0) is 42.0 Å². The Labute approximate surface area is 135 Å². The maximum Gasteiger partial charge on any atom is 0.343 e. The zero-order valence-corrected chi connectivity index (χ0v) is 12.7. The second-order valence-electron chi connectivity index (χ2n) is 5.02. The first-order valence-electron chi connectivity index (χ1n) is 7.28. The van der Waals surface area contributed by atoms with E-state index >= 15 is 0 Å². The maximum absolute atomic E-state index is 11.9. The molecule has 0 unspecified atom stereocenters. The molecule has 0 aromatic heterocycles. The Bertz CT molecular complexity index is 781. The fourth-order valence-electron chi connectivity index (χ4n) is 2.23. The SMILES string of the molecule is COc1ccc(C2=C/C(=C\C=C\c3ccccc3)C(=O)O2)cc1. The third kappa shape index (κ3) is 3.58. The van der Waals surface area contributed by atoms with Gasteiger partial charge < -0.3 is 9.47 Å². The van der Waals surface area contributed by atoms with E-state index in [0.717, 1.165) is 16.9 Å². The number of methoxy groups -OCH3 is 1. The lowest BCUT2D eigenvalue weighted by Gasteiger charge is -2.03. The number of esters is 1. The van der Waals surface area contributed by atoms with Gasteiger partial charge in [0, 0.05) is 5.56 Å².